The largest absolute Gasteiger partial charge is 0.319 e. The molecule has 0 aliphatic rings. The van der Waals surface area contributed by atoms with Gasteiger partial charge in [-0.2, -0.15) is 0 Å². The van der Waals surface area contributed by atoms with Crippen LogP contribution in [0.3, 0.4) is 0 Å². The topological polar surface area (TPSA) is 34.4 Å². The molecule has 0 aliphatic heterocycles. The minimum atomic E-state index is -2.33. The highest BCUT2D eigenvalue weighted by Gasteiger charge is 2.16. The first kappa shape index (κ1) is 14.7. The summed E-state index contributed by atoms with van der Waals surface area (Å²) < 4.78 is 14.8. The second-order valence-electron chi connectivity index (χ2n) is 6.86. The molecular formula is C21H17N2OP. The third-order valence-electron chi connectivity index (χ3n) is 4.86. The van der Waals surface area contributed by atoms with Crippen LogP contribution in [0.4, 0.5) is 0 Å². The Bertz CT molecular complexity index is 1340. The average molecular weight is 344 g/mol. The molecule has 0 unspecified atom stereocenters. The number of fused-ring (bicyclic) bond motifs is 8. The van der Waals surface area contributed by atoms with Crippen molar-refractivity contribution in [2.75, 3.05) is 13.3 Å². The Morgan fingerprint density at radius 2 is 1.48 bits per heavy atom. The Kier molecular flexibility index (Phi) is 2.90. The maximum Gasteiger partial charge on any atom is 0.146 e. The quantitative estimate of drug-likeness (QED) is 0.315. The van der Waals surface area contributed by atoms with Crippen molar-refractivity contribution in [1.29, 1.82) is 0 Å². The molecule has 0 amide bonds. The summed E-state index contributed by atoms with van der Waals surface area (Å²) in [5.74, 6) is 0. The molecule has 5 aromatic rings. The Morgan fingerprint density at radius 1 is 0.800 bits per heavy atom. The van der Waals surface area contributed by atoms with Crippen LogP contribution in [0.15, 0.2) is 66.7 Å². The van der Waals surface area contributed by atoms with E-state index in [0.717, 1.165) is 32.9 Å². The van der Waals surface area contributed by atoms with Crippen molar-refractivity contribution >= 4 is 50.8 Å². The Balaban J connectivity index is 2.10. The minimum absolute atomic E-state index is 0.888. The molecule has 0 radical (unpaired) electrons. The summed E-state index contributed by atoms with van der Waals surface area (Å²) in [6.07, 6.45) is 0. The third-order valence-corrected chi connectivity index (χ3v) is 6.38. The number of hydrogen-bond acceptors (Lipinski definition) is 2. The number of pyridine rings is 1. The highest BCUT2D eigenvalue weighted by Crippen LogP contribution is 2.37. The lowest BCUT2D eigenvalue weighted by atomic mass is 10.1. The van der Waals surface area contributed by atoms with Gasteiger partial charge in [0.05, 0.1) is 16.6 Å². The summed E-state index contributed by atoms with van der Waals surface area (Å²) in [6.45, 7) is 3.62. The molecule has 3 nitrogen and oxygen atoms in total. The van der Waals surface area contributed by atoms with Crippen LogP contribution in [-0.2, 0) is 4.57 Å². The van der Waals surface area contributed by atoms with Gasteiger partial charge < -0.3 is 4.57 Å². The summed E-state index contributed by atoms with van der Waals surface area (Å²) in [5, 5.41) is 4.43. The first-order valence-corrected chi connectivity index (χ1v) is 10.9. The van der Waals surface area contributed by atoms with Crippen LogP contribution >= 0.6 is 7.14 Å². The van der Waals surface area contributed by atoms with E-state index in [-0.39, 0.29) is 0 Å². The van der Waals surface area contributed by atoms with Gasteiger partial charge in [-0.05, 0) is 43.0 Å². The van der Waals surface area contributed by atoms with Crippen molar-refractivity contribution in [2.45, 2.75) is 0 Å². The second-order valence-corrected chi connectivity index (χ2v) is 10.1. The van der Waals surface area contributed by atoms with Gasteiger partial charge in [-0.25, -0.2) is 4.98 Å². The average Bonchev–Trinajstić information content (AvgIpc) is 3.00. The smallest absolute Gasteiger partial charge is 0.146 e. The summed E-state index contributed by atoms with van der Waals surface area (Å²) in [6, 6.07) is 22.7. The van der Waals surface area contributed by atoms with E-state index in [2.05, 4.69) is 46.9 Å². The highest BCUT2D eigenvalue weighted by atomic mass is 31.2. The summed E-state index contributed by atoms with van der Waals surface area (Å²) in [4.78, 5) is 4.89. The molecule has 3 aromatic carbocycles. The third kappa shape index (κ3) is 2.06. The molecule has 122 valence electrons. The second kappa shape index (κ2) is 4.93. The van der Waals surface area contributed by atoms with Crippen molar-refractivity contribution in [3.63, 3.8) is 0 Å². The summed E-state index contributed by atoms with van der Waals surface area (Å²) in [5.41, 5.74) is 4.01. The van der Waals surface area contributed by atoms with Gasteiger partial charge in [-0.15, -0.1) is 0 Å². The normalized spacial score (nSPS) is 12.6. The molecule has 0 fully saturated rings. The molecule has 4 heteroatoms. The van der Waals surface area contributed by atoms with Crippen molar-refractivity contribution in [2.24, 2.45) is 0 Å². The Morgan fingerprint density at radius 3 is 2.24 bits per heavy atom. The maximum atomic E-state index is 12.6. The van der Waals surface area contributed by atoms with Crippen molar-refractivity contribution in [1.82, 2.24) is 9.38 Å². The molecule has 0 saturated carbocycles. The van der Waals surface area contributed by atoms with E-state index in [1.54, 1.807) is 0 Å². The lowest BCUT2D eigenvalue weighted by Gasteiger charge is -2.10. The van der Waals surface area contributed by atoms with Crippen molar-refractivity contribution < 1.29 is 4.57 Å². The first-order valence-electron chi connectivity index (χ1n) is 8.31. The summed E-state index contributed by atoms with van der Waals surface area (Å²) in [7, 11) is -2.33. The predicted octanol–water partition coefficient (Wildman–Crippen LogP) is 5.04. The standard InChI is InChI=1S/C21H17N2OP/c1-25(2,24)14-11-12-18-20(13-14)23-19-10-6-5-8-16(19)15-7-3-4-9-17(15)21(23)22-18/h3-13H,1-2H3. The Hall–Kier alpha value is -2.64. The fourth-order valence-electron chi connectivity index (χ4n) is 3.63. The zero-order chi connectivity index (χ0) is 17.2. The Labute approximate surface area is 145 Å². The number of rotatable bonds is 1. The lowest BCUT2D eigenvalue weighted by Crippen LogP contribution is -2.02. The zero-order valence-corrected chi connectivity index (χ0v) is 15.0. The van der Waals surface area contributed by atoms with E-state index < -0.39 is 7.14 Å². The molecule has 2 aromatic heterocycles. The van der Waals surface area contributed by atoms with Crippen molar-refractivity contribution in [3.05, 3.63) is 66.7 Å². The maximum absolute atomic E-state index is 12.6. The van der Waals surface area contributed by atoms with Crippen LogP contribution in [0.25, 0.3) is 38.4 Å². The molecule has 0 spiro atoms. The number of nitrogens with zero attached hydrogens (tertiary/aromatic N) is 2. The van der Waals surface area contributed by atoms with Gasteiger partial charge >= 0.3 is 0 Å². The van der Waals surface area contributed by atoms with Gasteiger partial charge in [0.15, 0.2) is 0 Å². The van der Waals surface area contributed by atoms with E-state index in [9.17, 15) is 4.57 Å². The van der Waals surface area contributed by atoms with Crippen LogP contribution < -0.4 is 5.30 Å². The van der Waals surface area contributed by atoms with Crippen LogP contribution in [-0.4, -0.2) is 22.7 Å². The molecule has 0 atom stereocenters. The molecule has 0 N–H and O–H groups in total. The lowest BCUT2D eigenvalue weighted by molar-refractivity contribution is 0.588. The van der Waals surface area contributed by atoms with E-state index in [4.69, 9.17) is 4.98 Å². The van der Waals surface area contributed by atoms with Crippen LogP contribution in [0.2, 0.25) is 0 Å². The van der Waals surface area contributed by atoms with Gasteiger partial charge in [0.25, 0.3) is 0 Å². The van der Waals surface area contributed by atoms with E-state index in [0.29, 0.717) is 0 Å². The van der Waals surface area contributed by atoms with Gasteiger partial charge in [0.2, 0.25) is 0 Å². The number of aromatic nitrogens is 2. The fraction of sp³-hybridized carbons (Fsp3) is 0.0952. The van der Waals surface area contributed by atoms with E-state index in [1.165, 1.54) is 10.8 Å². The molecule has 0 saturated heterocycles. The van der Waals surface area contributed by atoms with E-state index in [1.807, 2.05) is 37.6 Å². The van der Waals surface area contributed by atoms with Crippen molar-refractivity contribution in [3.8, 4) is 0 Å². The number of para-hydroxylation sites is 1. The molecule has 5 rings (SSSR count). The van der Waals surface area contributed by atoms with Gasteiger partial charge in [0.1, 0.15) is 12.8 Å². The first-order chi connectivity index (χ1) is 12.0. The number of hydrogen-bond donors (Lipinski definition) is 0. The van der Waals surface area contributed by atoms with Gasteiger partial charge in [-0.3, -0.25) is 4.40 Å². The van der Waals surface area contributed by atoms with Crippen LogP contribution in [0, 0.1) is 0 Å². The molecule has 0 bridgehead atoms. The molecule has 25 heavy (non-hydrogen) atoms. The SMILES string of the molecule is CP(C)(=O)c1ccc2nc3c4ccccc4c4ccccc4n3c2c1. The van der Waals surface area contributed by atoms with Crippen LogP contribution in [0.5, 0.6) is 0 Å². The zero-order valence-electron chi connectivity index (χ0n) is 14.1. The highest BCUT2D eigenvalue weighted by molar-refractivity contribution is 7.70. The molecule has 0 aliphatic carbocycles. The number of benzene rings is 3. The van der Waals surface area contributed by atoms with Gasteiger partial charge in [-0.1, -0.05) is 42.5 Å². The minimum Gasteiger partial charge on any atom is -0.319 e. The monoisotopic (exact) mass is 344 g/mol. The predicted molar refractivity (Wildman–Crippen MR) is 107 cm³/mol. The molecular weight excluding hydrogens is 327 g/mol. The number of imidazole rings is 1. The fourth-order valence-corrected chi connectivity index (χ4v) is 4.50. The van der Waals surface area contributed by atoms with Gasteiger partial charge in [0, 0.05) is 16.1 Å². The summed E-state index contributed by atoms with van der Waals surface area (Å²) >= 11 is 0. The van der Waals surface area contributed by atoms with Crippen LogP contribution in [0.1, 0.15) is 0 Å². The van der Waals surface area contributed by atoms with E-state index >= 15 is 0 Å². The molecule has 2 heterocycles.